The van der Waals surface area contributed by atoms with E-state index in [1.807, 2.05) is 64.1 Å². The lowest BCUT2D eigenvalue weighted by molar-refractivity contribution is 0.453. The molecule has 0 heterocycles. The maximum absolute atomic E-state index is 11.4. The molecule has 3 aromatic carbocycles. The van der Waals surface area contributed by atoms with Crippen LogP contribution in [0.3, 0.4) is 0 Å². The zero-order valence-corrected chi connectivity index (χ0v) is 24.3. The van der Waals surface area contributed by atoms with Crippen molar-refractivity contribution in [3.8, 4) is 5.75 Å². The van der Waals surface area contributed by atoms with Crippen LogP contribution >= 0.6 is 11.6 Å². The molecule has 3 rings (SSSR count). The molecule has 8 heteroatoms. The number of nitrogens with zero attached hydrogens (tertiary/aromatic N) is 2. The van der Waals surface area contributed by atoms with E-state index in [0.29, 0.717) is 11.0 Å². The number of rotatable bonds is 6. The molecule has 0 unspecified atom stereocenters. The highest BCUT2D eigenvalue weighted by Gasteiger charge is 2.28. The van der Waals surface area contributed by atoms with Crippen LogP contribution in [-0.2, 0) is 15.5 Å². The third kappa shape index (κ3) is 8.66. The third-order valence-electron chi connectivity index (χ3n) is 5.43. The summed E-state index contributed by atoms with van der Waals surface area (Å²) in [7, 11) is -4.42. The fourth-order valence-electron chi connectivity index (χ4n) is 3.37. The lowest BCUT2D eigenvalue weighted by Gasteiger charge is -2.28. The van der Waals surface area contributed by atoms with Gasteiger partial charge < -0.3 is 5.11 Å². The topological polar surface area (TPSA) is 99.3 Å². The van der Waals surface area contributed by atoms with Crippen LogP contribution in [0.15, 0.2) is 75.8 Å². The van der Waals surface area contributed by atoms with Crippen LogP contribution in [0, 0.1) is 5.41 Å². The zero-order chi connectivity index (χ0) is 28.2. The van der Waals surface area contributed by atoms with Gasteiger partial charge in [0.15, 0.2) is 0 Å². The van der Waals surface area contributed by atoms with Gasteiger partial charge in [-0.15, -0.1) is 10.2 Å². The van der Waals surface area contributed by atoms with Crippen LogP contribution in [-0.4, -0.2) is 18.1 Å². The molecule has 200 valence electrons. The van der Waals surface area contributed by atoms with Gasteiger partial charge in [-0.05, 0) is 46.7 Å². The highest BCUT2D eigenvalue weighted by molar-refractivity contribution is 7.85. The van der Waals surface area contributed by atoms with E-state index in [1.165, 1.54) is 12.1 Å². The first-order valence-electron chi connectivity index (χ1n) is 12.0. The van der Waals surface area contributed by atoms with Gasteiger partial charge in [0.1, 0.15) is 17.1 Å². The Bertz CT molecular complexity index is 1350. The number of azo groups is 1. The van der Waals surface area contributed by atoms with Crippen LogP contribution in [0.2, 0.25) is 5.02 Å². The third-order valence-corrected chi connectivity index (χ3v) is 6.60. The summed E-state index contributed by atoms with van der Waals surface area (Å²) in [4.78, 5) is -0.345. The molecule has 37 heavy (non-hydrogen) atoms. The fraction of sp³-hybridized carbons (Fsp3) is 0.379. The summed E-state index contributed by atoms with van der Waals surface area (Å²) < 4.78 is 32.2. The van der Waals surface area contributed by atoms with Crippen LogP contribution in [0.5, 0.6) is 5.75 Å². The van der Waals surface area contributed by atoms with Crippen LogP contribution < -0.4 is 0 Å². The number of phenolic OH excluding ortho intramolecular Hbond substituents is 1. The number of halogens is 1. The van der Waals surface area contributed by atoms with Crippen LogP contribution in [0.4, 0.5) is 11.4 Å². The Labute approximate surface area is 226 Å². The second-order valence-corrected chi connectivity index (χ2v) is 13.2. The van der Waals surface area contributed by atoms with Crippen molar-refractivity contribution in [3.63, 3.8) is 0 Å². The van der Waals surface area contributed by atoms with E-state index < -0.39 is 15.5 Å². The number of phenols is 1. The Morgan fingerprint density at radius 1 is 0.838 bits per heavy atom. The molecule has 0 saturated carbocycles. The summed E-state index contributed by atoms with van der Waals surface area (Å²) in [6.07, 6.45) is 0. The van der Waals surface area contributed by atoms with E-state index >= 15 is 0 Å². The molecule has 0 saturated heterocycles. The minimum absolute atomic E-state index is 0.0194. The minimum atomic E-state index is -4.42. The maximum Gasteiger partial charge on any atom is 0.294 e. The Kier molecular flexibility index (Phi) is 9.69. The molecule has 6 nitrogen and oxygen atoms in total. The largest absolute Gasteiger partial charge is 0.505 e. The fourth-order valence-corrected chi connectivity index (χ4v) is 4.03. The first-order chi connectivity index (χ1) is 16.9. The number of aromatic hydroxyl groups is 1. The normalized spacial score (nSPS) is 12.5. The van der Waals surface area contributed by atoms with Gasteiger partial charge in [0, 0.05) is 11.0 Å². The summed E-state index contributed by atoms with van der Waals surface area (Å²) in [6.45, 7) is 16.9. The van der Waals surface area contributed by atoms with Gasteiger partial charge in [0.05, 0.1) is 9.92 Å². The van der Waals surface area contributed by atoms with Crippen molar-refractivity contribution in [1.82, 2.24) is 0 Å². The molecule has 0 bridgehead atoms. The highest BCUT2D eigenvalue weighted by Crippen LogP contribution is 2.44. The number of benzene rings is 3. The van der Waals surface area contributed by atoms with E-state index in [9.17, 15) is 18.1 Å². The van der Waals surface area contributed by atoms with E-state index in [-0.39, 0.29) is 33.0 Å². The summed E-state index contributed by atoms with van der Waals surface area (Å²) in [5.74, 6) is 0.149. The Morgan fingerprint density at radius 2 is 1.38 bits per heavy atom. The van der Waals surface area contributed by atoms with Gasteiger partial charge in [0.25, 0.3) is 10.1 Å². The van der Waals surface area contributed by atoms with Crippen molar-refractivity contribution in [1.29, 1.82) is 0 Å². The van der Waals surface area contributed by atoms with E-state index in [0.717, 1.165) is 17.2 Å². The van der Waals surface area contributed by atoms with Gasteiger partial charge in [-0.3, -0.25) is 4.55 Å². The number of hydrogen-bond donors (Lipinski definition) is 2. The van der Waals surface area contributed by atoms with Crippen molar-refractivity contribution in [3.05, 3.63) is 82.4 Å². The second-order valence-electron chi connectivity index (χ2n) is 11.4. The molecule has 0 spiro atoms. The molecule has 0 amide bonds. The minimum Gasteiger partial charge on any atom is -0.505 e. The summed E-state index contributed by atoms with van der Waals surface area (Å²) in [6, 6.07) is 17.2. The highest BCUT2D eigenvalue weighted by atomic mass is 35.5. The lowest BCUT2D eigenvalue weighted by atomic mass is 9.76. The van der Waals surface area contributed by atoms with E-state index in [1.54, 1.807) is 6.07 Å². The molecule has 0 fully saturated rings. The SMILES string of the molecule is CC(C)(C)C.CC(C)c1cc(N=Nc2cc(S(=O)(=O)O)ccc2Cl)c(O)c(C(C)(C)c2ccccc2)c1. The predicted octanol–water partition coefficient (Wildman–Crippen LogP) is 9.21. The molecule has 3 aromatic rings. The molecule has 0 aliphatic rings. The van der Waals surface area contributed by atoms with Crippen molar-refractivity contribution >= 4 is 33.1 Å². The first kappa shape index (κ1) is 30.5. The van der Waals surface area contributed by atoms with E-state index in [4.69, 9.17) is 11.6 Å². The average Bonchev–Trinajstić information content (AvgIpc) is 2.77. The predicted molar refractivity (Wildman–Crippen MR) is 151 cm³/mol. The van der Waals surface area contributed by atoms with Gasteiger partial charge in [0.2, 0.25) is 0 Å². The van der Waals surface area contributed by atoms with E-state index in [2.05, 4.69) is 37.9 Å². The zero-order valence-electron chi connectivity index (χ0n) is 22.7. The molecular weight excluding hydrogens is 508 g/mol. The summed E-state index contributed by atoms with van der Waals surface area (Å²) in [5.41, 5.74) is 2.98. The molecular formula is C29H37ClN2O4S. The molecule has 0 radical (unpaired) electrons. The lowest BCUT2D eigenvalue weighted by Crippen LogP contribution is -2.19. The maximum atomic E-state index is 11.4. The van der Waals surface area contributed by atoms with Crippen LogP contribution in [0.1, 0.15) is 78.0 Å². The standard InChI is InChI=1S/C24H25ClN2O4S.C5H12/c1-15(2)16-12-19(24(3,4)17-8-6-5-7-9-17)23(28)22(13-16)27-26-21-14-18(32(29,30)31)10-11-20(21)25;1-5(2,3)4/h5-15,28H,1-4H3,(H,29,30,31);1-4H3. The van der Waals surface area contributed by atoms with Crippen molar-refractivity contribution in [2.45, 2.75) is 71.6 Å². The summed E-state index contributed by atoms with van der Waals surface area (Å²) in [5, 5.41) is 19.5. The Balaban J connectivity index is 0.000000877. The molecule has 0 atom stereocenters. The average molecular weight is 545 g/mol. The van der Waals surface area contributed by atoms with Gasteiger partial charge in [-0.2, -0.15) is 8.42 Å². The van der Waals surface area contributed by atoms with Crippen LogP contribution in [0.25, 0.3) is 0 Å². The molecule has 0 aliphatic carbocycles. The first-order valence-corrected chi connectivity index (χ1v) is 13.8. The molecule has 0 aromatic heterocycles. The van der Waals surface area contributed by atoms with Crippen molar-refractivity contribution in [2.24, 2.45) is 15.6 Å². The Morgan fingerprint density at radius 3 is 1.89 bits per heavy atom. The molecule has 0 aliphatic heterocycles. The van der Waals surface area contributed by atoms with Gasteiger partial charge >= 0.3 is 0 Å². The van der Waals surface area contributed by atoms with Gasteiger partial charge in [-0.25, -0.2) is 0 Å². The Hall–Kier alpha value is -2.74. The summed E-state index contributed by atoms with van der Waals surface area (Å²) >= 11 is 6.13. The second kappa shape index (κ2) is 11.8. The molecule has 2 N–H and O–H groups in total. The van der Waals surface area contributed by atoms with Crippen molar-refractivity contribution < 1.29 is 18.1 Å². The monoisotopic (exact) mass is 544 g/mol. The van der Waals surface area contributed by atoms with Gasteiger partial charge in [-0.1, -0.05) is 103 Å². The van der Waals surface area contributed by atoms with Crippen molar-refractivity contribution in [2.75, 3.05) is 0 Å². The smallest absolute Gasteiger partial charge is 0.294 e. The number of hydrogen-bond acceptors (Lipinski definition) is 5. The quantitative estimate of drug-likeness (QED) is 0.238.